The van der Waals surface area contributed by atoms with Crippen LogP contribution in [0, 0.1) is 3.57 Å². The zero-order valence-electron chi connectivity index (χ0n) is 17.2. The van der Waals surface area contributed by atoms with Crippen LogP contribution in [0.25, 0.3) is 11.8 Å². The first-order valence-corrected chi connectivity index (χ1v) is 11.0. The number of thiocarbonyl (C=S) groups is 1. The molecule has 1 saturated heterocycles. The number of carbonyl (C=O) groups is 2. The van der Waals surface area contributed by atoms with E-state index >= 15 is 0 Å². The zero-order valence-corrected chi connectivity index (χ0v) is 20.1. The number of halogens is 1. The summed E-state index contributed by atoms with van der Waals surface area (Å²) in [5.74, 6) is -0.148. The van der Waals surface area contributed by atoms with Crippen LogP contribution in [0.1, 0.15) is 5.69 Å². The van der Waals surface area contributed by atoms with Gasteiger partial charge < -0.3 is 14.0 Å². The van der Waals surface area contributed by atoms with Crippen molar-refractivity contribution in [1.82, 2.24) is 9.88 Å². The van der Waals surface area contributed by atoms with Crippen molar-refractivity contribution in [3.63, 3.8) is 0 Å². The number of ether oxygens (including phenoxy) is 2. The molecule has 2 heterocycles. The smallest absolute Gasteiger partial charge is 0.270 e. The molecule has 0 bridgehead atoms. The lowest BCUT2D eigenvalue weighted by atomic mass is 10.1. The second-order valence-electron chi connectivity index (χ2n) is 6.78. The normalized spacial score (nSPS) is 15.2. The second kappa shape index (κ2) is 9.13. The molecular weight excluding hydrogens is 541 g/mol. The number of nitrogens with zero attached hydrogens (tertiary/aromatic N) is 2. The summed E-state index contributed by atoms with van der Waals surface area (Å²) >= 11 is 7.54. The lowest BCUT2D eigenvalue weighted by Crippen LogP contribution is -2.54. The highest BCUT2D eigenvalue weighted by atomic mass is 127. The minimum absolute atomic E-state index is 0.0198. The maximum atomic E-state index is 13.4. The van der Waals surface area contributed by atoms with Gasteiger partial charge in [-0.25, -0.2) is 4.90 Å². The molecule has 0 radical (unpaired) electrons. The number of carbonyl (C=O) groups excluding carboxylic acids is 2. The van der Waals surface area contributed by atoms with Gasteiger partial charge in [0.1, 0.15) is 17.1 Å². The van der Waals surface area contributed by atoms with E-state index < -0.39 is 11.8 Å². The molecule has 1 N–H and O–H groups in total. The average Bonchev–Trinajstić information content (AvgIpc) is 3.25. The van der Waals surface area contributed by atoms with E-state index in [4.69, 9.17) is 21.7 Å². The van der Waals surface area contributed by atoms with Crippen molar-refractivity contribution < 1.29 is 19.1 Å². The molecular formula is C23H18IN3O4S. The maximum absolute atomic E-state index is 13.4. The molecule has 162 valence electrons. The van der Waals surface area contributed by atoms with E-state index in [0.717, 1.165) is 9.26 Å². The standard InChI is InChI=1S/C23H18IN3O4S/c1-30-17-9-10-19(20(13-17)31-2)27-22(29)18(21(28)25-23(27)32)12-16-4-3-11-26(16)15-7-5-14(24)6-8-15/h3-13H,1-2H3,(H,25,28,32)/b18-12+. The first-order chi connectivity index (χ1) is 15.4. The molecule has 1 aliphatic heterocycles. The van der Waals surface area contributed by atoms with Crippen LogP contribution in [-0.4, -0.2) is 35.7 Å². The van der Waals surface area contributed by atoms with Gasteiger partial charge in [-0.3, -0.25) is 14.9 Å². The summed E-state index contributed by atoms with van der Waals surface area (Å²) in [7, 11) is 3.02. The van der Waals surface area contributed by atoms with Crippen molar-refractivity contribution in [3.8, 4) is 17.2 Å². The number of anilines is 1. The Balaban J connectivity index is 1.75. The van der Waals surface area contributed by atoms with E-state index in [1.165, 1.54) is 19.1 Å². The van der Waals surface area contributed by atoms with E-state index in [1.807, 2.05) is 47.2 Å². The predicted octanol–water partition coefficient (Wildman–Crippen LogP) is 3.93. The highest BCUT2D eigenvalue weighted by Gasteiger charge is 2.36. The Bertz CT molecular complexity index is 1250. The maximum Gasteiger partial charge on any atom is 0.270 e. The van der Waals surface area contributed by atoms with Gasteiger partial charge in [0.15, 0.2) is 5.11 Å². The number of methoxy groups -OCH3 is 2. The molecule has 3 aromatic rings. The fourth-order valence-electron chi connectivity index (χ4n) is 3.34. The van der Waals surface area contributed by atoms with Crippen LogP contribution in [0.2, 0.25) is 0 Å². The summed E-state index contributed by atoms with van der Waals surface area (Å²) in [5, 5.41) is 2.58. The van der Waals surface area contributed by atoms with E-state index in [0.29, 0.717) is 22.9 Å². The number of aromatic nitrogens is 1. The van der Waals surface area contributed by atoms with Crippen LogP contribution >= 0.6 is 34.8 Å². The molecule has 32 heavy (non-hydrogen) atoms. The third-order valence-corrected chi connectivity index (χ3v) is 5.91. The molecule has 0 aliphatic carbocycles. The van der Waals surface area contributed by atoms with Crippen LogP contribution in [0.3, 0.4) is 0 Å². The molecule has 0 saturated carbocycles. The Labute approximate surface area is 203 Å². The molecule has 0 spiro atoms. The van der Waals surface area contributed by atoms with Crippen molar-refractivity contribution >= 4 is 63.5 Å². The Hall–Kier alpha value is -3.18. The fourth-order valence-corrected chi connectivity index (χ4v) is 3.98. The van der Waals surface area contributed by atoms with Crippen molar-refractivity contribution in [2.24, 2.45) is 0 Å². The summed E-state index contributed by atoms with van der Waals surface area (Å²) in [6.45, 7) is 0. The second-order valence-corrected chi connectivity index (χ2v) is 8.41. The van der Waals surface area contributed by atoms with E-state index in [2.05, 4.69) is 27.9 Å². The highest BCUT2D eigenvalue weighted by Crippen LogP contribution is 2.34. The van der Waals surface area contributed by atoms with Gasteiger partial charge in [-0.05, 0) is 89.4 Å². The Morgan fingerprint density at radius 2 is 1.78 bits per heavy atom. The van der Waals surface area contributed by atoms with E-state index in [1.54, 1.807) is 24.3 Å². The lowest BCUT2D eigenvalue weighted by Gasteiger charge is -2.30. The Kier molecular flexibility index (Phi) is 6.28. The zero-order chi connectivity index (χ0) is 22.8. The molecule has 0 atom stereocenters. The Morgan fingerprint density at radius 1 is 1.03 bits per heavy atom. The fraction of sp³-hybridized carbons (Fsp3) is 0.0870. The molecule has 1 aliphatic rings. The van der Waals surface area contributed by atoms with E-state index in [-0.39, 0.29) is 10.7 Å². The van der Waals surface area contributed by atoms with Gasteiger partial charge in [-0.1, -0.05) is 0 Å². The summed E-state index contributed by atoms with van der Waals surface area (Å²) < 4.78 is 13.7. The number of rotatable bonds is 5. The van der Waals surface area contributed by atoms with Gasteiger partial charge in [0.2, 0.25) is 0 Å². The number of benzene rings is 2. The minimum Gasteiger partial charge on any atom is -0.497 e. The molecule has 7 nitrogen and oxygen atoms in total. The Morgan fingerprint density at radius 3 is 2.47 bits per heavy atom. The SMILES string of the molecule is COc1ccc(N2C(=O)/C(=C/c3cccn3-c3ccc(I)cc3)C(=O)NC2=S)c(OC)c1. The summed E-state index contributed by atoms with van der Waals surface area (Å²) in [5.41, 5.74) is 1.96. The van der Waals surface area contributed by atoms with Crippen molar-refractivity contribution in [2.75, 3.05) is 19.1 Å². The largest absolute Gasteiger partial charge is 0.497 e. The number of hydrogen-bond donors (Lipinski definition) is 1. The number of nitrogens with one attached hydrogen (secondary N) is 1. The number of hydrogen-bond acceptors (Lipinski definition) is 5. The summed E-state index contributed by atoms with van der Waals surface area (Å²) in [4.78, 5) is 27.3. The molecule has 0 unspecified atom stereocenters. The van der Waals surface area contributed by atoms with Gasteiger partial charge in [0, 0.05) is 27.2 Å². The molecule has 2 aromatic carbocycles. The van der Waals surface area contributed by atoms with Crippen LogP contribution in [0.15, 0.2) is 66.4 Å². The van der Waals surface area contributed by atoms with Crippen molar-refractivity contribution in [2.45, 2.75) is 0 Å². The van der Waals surface area contributed by atoms with Crippen LogP contribution in [0.4, 0.5) is 5.69 Å². The minimum atomic E-state index is -0.556. The highest BCUT2D eigenvalue weighted by molar-refractivity contribution is 14.1. The molecule has 4 rings (SSSR count). The first kappa shape index (κ1) is 22.0. The van der Waals surface area contributed by atoms with Crippen molar-refractivity contribution in [3.05, 3.63) is 75.6 Å². The topological polar surface area (TPSA) is 72.8 Å². The lowest BCUT2D eigenvalue weighted by molar-refractivity contribution is -0.122. The van der Waals surface area contributed by atoms with Gasteiger partial charge in [-0.15, -0.1) is 0 Å². The van der Waals surface area contributed by atoms with E-state index in [9.17, 15) is 9.59 Å². The monoisotopic (exact) mass is 559 g/mol. The third-order valence-electron chi connectivity index (χ3n) is 4.91. The molecule has 9 heteroatoms. The van der Waals surface area contributed by atoms with Crippen molar-refractivity contribution in [1.29, 1.82) is 0 Å². The number of amides is 2. The third kappa shape index (κ3) is 4.13. The summed E-state index contributed by atoms with van der Waals surface area (Å²) in [6, 6.07) is 16.6. The summed E-state index contributed by atoms with van der Waals surface area (Å²) in [6.07, 6.45) is 3.43. The quantitative estimate of drug-likeness (QED) is 0.222. The molecule has 1 fully saturated rings. The molecule has 2 amide bonds. The van der Waals surface area contributed by atoms with Gasteiger partial charge in [0.05, 0.1) is 19.9 Å². The van der Waals surface area contributed by atoms with Crippen LogP contribution in [0.5, 0.6) is 11.5 Å². The van der Waals surface area contributed by atoms with Gasteiger partial charge >= 0.3 is 0 Å². The average molecular weight is 559 g/mol. The predicted molar refractivity (Wildman–Crippen MR) is 134 cm³/mol. The molecule has 1 aromatic heterocycles. The van der Waals surface area contributed by atoms with Gasteiger partial charge in [-0.2, -0.15) is 0 Å². The van der Waals surface area contributed by atoms with Crippen LogP contribution in [-0.2, 0) is 9.59 Å². The van der Waals surface area contributed by atoms with Crippen LogP contribution < -0.4 is 19.7 Å². The first-order valence-electron chi connectivity index (χ1n) is 9.49. The van der Waals surface area contributed by atoms with Gasteiger partial charge in [0.25, 0.3) is 11.8 Å².